The predicted octanol–water partition coefficient (Wildman–Crippen LogP) is 4.62. The number of hydrogen-bond donors (Lipinski definition) is 1. The zero-order chi connectivity index (χ0) is 12.5. The average Bonchev–Trinajstić information content (AvgIpc) is 2.34. The smallest absolute Gasteiger partial charge is 0.0317 e. The van der Waals surface area contributed by atoms with Gasteiger partial charge in [-0.15, -0.1) is 0 Å². The summed E-state index contributed by atoms with van der Waals surface area (Å²) in [4.78, 5) is 0. The van der Waals surface area contributed by atoms with Gasteiger partial charge in [-0.1, -0.05) is 68.9 Å². The van der Waals surface area contributed by atoms with E-state index in [-0.39, 0.29) is 0 Å². The highest BCUT2D eigenvalue weighted by atomic mass is 14.9. The molecule has 1 N–H and O–H groups in total. The van der Waals surface area contributed by atoms with Crippen LogP contribution in [0.1, 0.15) is 62.6 Å². The fraction of sp³-hybridized carbons (Fsp3) is 0.625. The molecule has 0 radical (unpaired) electrons. The lowest BCUT2D eigenvalue weighted by molar-refractivity contribution is 0.500. The lowest BCUT2D eigenvalue weighted by Gasteiger charge is -2.17. The second kappa shape index (κ2) is 8.30. The number of nitrogens with one attached hydrogen (secondary N) is 1. The molecule has 1 atom stereocenters. The van der Waals surface area contributed by atoms with E-state index in [9.17, 15) is 0 Å². The van der Waals surface area contributed by atoms with Crippen LogP contribution in [0.4, 0.5) is 0 Å². The molecule has 0 spiro atoms. The van der Waals surface area contributed by atoms with Gasteiger partial charge in [-0.2, -0.15) is 0 Å². The van der Waals surface area contributed by atoms with Crippen LogP contribution in [0.25, 0.3) is 0 Å². The first kappa shape index (κ1) is 14.2. The third kappa shape index (κ3) is 5.36. The molecule has 96 valence electrons. The standard InChI is InChI=1S/C16H27N/c1-4-5-6-7-8-12-16(17-3)15-11-9-10-14(2)13-15/h9-11,13,16-17H,4-8,12H2,1-3H3. The van der Waals surface area contributed by atoms with Crippen molar-refractivity contribution in [3.63, 3.8) is 0 Å². The fourth-order valence-electron chi connectivity index (χ4n) is 2.32. The average molecular weight is 233 g/mol. The van der Waals surface area contributed by atoms with Crippen molar-refractivity contribution >= 4 is 0 Å². The van der Waals surface area contributed by atoms with Gasteiger partial charge < -0.3 is 5.32 Å². The van der Waals surface area contributed by atoms with Gasteiger partial charge >= 0.3 is 0 Å². The van der Waals surface area contributed by atoms with Gasteiger partial charge in [0.1, 0.15) is 0 Å². The molecule has 1 nitrogen and oxygen atoms in total. The maximum absolute atomic E-state index is 3.44. The number of aryl methyl sites for hydroxylation is 1. The van der Waals surface area contributed by atoms with Gasteiger partial charge in [0.25, 0.3) is 0 Å². The molecule has 0 saturated heterocycles. The van der Waals surface area contributed by atoms with E-state index in [2.05, 4.69) is 50.5 Å². The van der Waals surface area contributed by atoms with E-state index in [1.807, 2.05) is 0 Å². The summed E-state index contributed by atoms with van der Waals surface area (Å²) in [5, 5.41) is 3.44. The van der Waals surface area contributed by atoms with E-state index < -0.39 is 0 Å². The van der Waals surface area contributed by atoms with Crippen LogP contribution >= 0.6 is 0 Å². The van der Waals surface area contributed by atoms with Crippen LogP contribution in [-0.2, 0) is 0 Å². The Hall–Kier alpha value is -0.820. The maximum atomic E-state index is 3.44. The Bertz CT molecular complexity index is 306. The Morgan fingerprint density at radius 3 is 2.53 bits per heavy atom. The molecule has 1 aromatic carbocycles. The summed E-state index contributed by atoms with van der Waals surface area (Å²) in [6, 6.07) is 9.38. The second-order valence-corrected chi connectivity index (χ2v) is 4.96. The Morgan fingerprint density at radius 2 is 1.88 bits per heavy atom. The first-order valence-electron chi connectivity index (χ1n) is 7.01. The molecule has 0 amide bonds. The molecule has 0 heterocycles. The molecular formula is C16H27N. The molecule has 17 heavy (non-hydrogen) atoms. The number of benzene rings is 1. The number of rotatable bonds is 8. The molecule has 1 heteroatoms. The normalized spacial score (nSPS) is 12.6. The third-order valence-electron chi connectivity index (χ3n) is 3.39. The van der Waals surface area contributed by atoms with Crippen LogP contribution in [-0.4, -0.2) is 7.05 Å². The van der Waals surface area contributed by atoms with Crippen molar-refractivity contribution in [2.75, 3.05) is 7.05 Å². The molecule has 1 unspecified atom stereocenters. The summed E-state index contributed by atoms with van der Waals surface area (Å²) in [7, 11) is 2.07. The van der Waals surface area contributed by atoms with E-state index >= 15 is 0 Å². The van der Waals surface area contributed by atoms with Crippen molar-refractivity contribution < 1.29 is 0 Å². The lowest BCUT2D eigenvalue weighted by Crippen LogP contribution is -2.16. The summed E-state index contributed by atoms with van der Waals surface area (Å²) in [5.41, 5.74) is 2.79. The van der Waals surface area contributed by atoms with Gasteiger partial charge in [0.2, 0.25) is 0 Å². The minimum absolute atomic E-state index is 0.525. The van der Waals surface area contributed by atoms with Crippen molar-refractivity contribution in [3.05, 3.63) is 35.4 Å². The van der Waals surface area contributed by atoms with Gasteiger partial charge in [0.15, 0.2) is 0 Å². The maximum Gasteiger partial charge on any atom is 0.0317 e. The highest BCUT2D eigenvalue weighted by Gasteiger charge is 2.08. The largest absolute Gasteiger partial charge is 0.313 e. The van der Waals surface area contributed by atoms with Gasteiger partial charge in [-0.3, -0.25) is 0 Å². The quantitative estimate of drug-likeness (QED) is 0.646. The zero-order valence-corrected chi connectivity index (χ0v) is 11.6. The van der Waals surface area contributed by atoms with Crippen LogP contribution in [0.2, 0.25) is 0 Å². The van der Waals surface area contributed by atoms with Crippen molar-refractivity contribution in [3.8, 4) is 0 Å². The Kier molecular flexibility index (Phi) is 6.95. The number of hydrogen-bond acceptors (Lipinski definition) is 1. The van der Waals surface area contributed by atoms with E-state index in [1.165, 1.54) is 49.7 Å². The molecule has 0 aromatic heterocycles. The zero-order valence-electron chi connectivity index (χ0n) is 11.6. The lowest BCUT2D eigenvalue weighted by atomic mass is 9.98. The number of unbranched alkanes of at least 4 members (excludes halogenated alkanes) is 4. The summed E-state index contributed by atoms with van der Waals surface area (Å²) in [5.74, 6) is 0. The van der Waals surface area contributed by atoms with Crippen molar-refractivity contribution in [1.82, 2.24) is 5.32 Å². The fourth-order valence-corrected chi connectivity index (χ4v) is 2.32. The highest BCUT2D eigenvalue weighted by molar-refractivity contribution is 5.24. The Morgan fingerprint density at radius 1 is 1.12 bits per heavy atom. The topological polar surface area (TPSA) is 12.0 Å². The molecule has 0 fully saturated rings. The Balaban J connectivity index is 2.38. The van der Waals surface area contributed by atoms with Crippen LogP contribution in [0.3, 0.4) is 0 Å². The second-order valence-electron chi connectivity index (χ2n) is 4.96. The minimum Gasteiger partial charge on any atom is -0.313 e. The van der Waals surface area contributed by atoms with Gasteiger partial charge in [0.05, 0.1) is 0 Å². The van der Waals surface area contributed by atoms with Crippen molar-refractivity contribution in [2.45, 2.75) is 58.4 Å². The van der Waals surface area contributed by atoms with Crippen LogP contribution in [0, 0.1) is 6.92 Å². The van der Waals surface area contributed by atoms with E-state index in [1.54, 1.807) is 0 Å². The van der Waals surface area contributed by atoms with E-state index in [0.717, 1.165) is 0 Å². The van der Waals surface area contributed by atoms with Gasteiger partial charge in [-0.25, -0.2) is 0 Å². The first-order valence-corrected chi connectivity index (χ1v) is 7.01. The SMILES string of the molecule is CCCCCCCC(NC)c1cccc(C)c1. The molecule has 1 rings (SSSR count). The molecule has 0 aliphatic heterocycles. The van der Waals surface area contributed by atoms with Crippen LogP contribution in [0.15, 0.2) is 24.3 Å². The van der Waals surface area contributed by atoms with E-state index in [0.29, 0.717) is 6.04 Å². The summed E-state index contributed by atoms with van der Waals surface area (Å²) >= 11 is 0. The third-order valence-corrected chi connectivity index (χ3v) is 3.39. The van der Waals surface area contributed by atoms with Gasteiger partial charge in [-0.05, 0) is 26.0 Å². The molecule has 0 aliphatic rings. The predicted molar refractivity (Wildman–Crippen MR) is 76.4 cm³/mol. The summed E-state index contributed by atoms with van der Waals surface area (Å²) < 4.78 is 0. The summed E-state index contributed by atoms with van der Waals surface area (Å²) in [6.07, 6.45) is 8.06. The van der Waals surface area contributed by atoms with Crippen molar-refractivity contribution in [2.24, 2.45) is 0 Å². The van der Waals surface area contributed by atoms with E-state index in [4.69, 9.17) is 0 Å². The van der Waals surface area contributed by atoms with Crippen LogP contribution in [0.5, 0.6) is 0 Å². The Labute approximate surface area is 107 Å². The monoisotopic (exact) mass is 233 g/mol. The molecule has 0 aliphatic carbocycles. The molecule has 0 saturated carbocycles. The molecule has 0 bridgehead atoms. The summed E-state index contributed by atoms with van der Waals surface area (Å²) in [6.45, 7) is 4.43. The highest BCUT2D eigenvalue weighted by Crippen LogP contribution is 2.20. The molecule has 1 aromatic rings. The molecular weight excluding hydrogens is 206 g/mol. The van der Waals surface area contributed by atoms with Gasteiger partial charge in [0, 0.05) is 6.04 Å². The first-order chi connectivity index (χ1) is 8.27. The van der Waals surface area contributed by atoms with Crippen LogP contribution < -0.4 is 5.32 Å². The minimum atomic E-state index is 0.525. The van der Waals surface area contributed by atoms with Crippen molar-refractivity contribution in [1.29, 1.82) is 0 Å².